The molecule has 2 aromatic carbocycles. The minimum absolute atomic E-state index is 0.0278. The van der Waals surface area contributed by atoms with E-state index in [-0.39, 0.29) is 24.2 Å². The van der Waals surface area contributed by atoms with Crippen molar-refractivity contribution in [2.75, 3.05) is 7.11 Å². The van der Waals surface area contributed by atoms with E-state index in [1.165, 1.54) is 6.07 Å². The monoisotopic (exact) mass is 435 g/mol. The highest BCUT2D eigenvalue weighted by Gasteiger charge is 2.35. The van der Waals surface area contributed by atoms with Crippen LogP contribution in [0.25, 0.3) is 11.0 Å². The van der Waals surface area contributed by atoms with Gasteiger partial charge in [-0.1, -0.05) is 18.2 Å². The third-order valence-electron chi connectivity index (χ3n) is 4.84. The van der Waals surface area contributed by atoms with Crippen LogP contribution in [0, 0.1) is 0 Å². The van der Waals surface area contributed by atoms with Gasteiger partial charge in [-0.15, -0.1) is 0 Å². The number of alkyl halides is 3. The van der Waals surface area contributed by atoms with Crippen molar-refractivity contribution >= 4 is 24.1 Å². The van der Waals surface area contributed by atoms with Gasteiger partial charge in [-0.2, -0.15) is 13.2 Å². The van der Waals surface area contributed by atoms with Crippen molar-refractivity contribution in [1.29, 1.82) is 0 Å². The van der Waals surface area contributed by atoms with Gasteiger partial charge in [-0.3, -0.25) is 4.79 Å². The number of ether oxygens (including phenoxy) is 1. The van der Waals surface area contributed by atoms with E-state index in [0.717, 1.165) is 30.3 Å². The summed E-state index contributed by atoms with van der Waals surface area (Å²) in [5.41, 5.74) is 0.836. The minimum Gasteiger partial charge on any atom is -0.496 e. The number of aryl methyl sites for hydroxylation is 1. The van der Waals surface area contributed by atoms with Crippen molar-refractivity contribution in [2.24, 2.45) is 0 Å². The van der Waals surface area contributed by atoms with Gasteiger partial charge in [0.1, 0.15) is 5.75 Å². The number of rotatable bonds is 8. The molecule has 7 nitrogen and oxygen atoms in total. The molecule has 0 bridgehead atoms. The Hall–Kier alpha value is -3.05. The average molecular weight is 435 g/mol. The number of para-hydroxylation sites is 2. The topological polar surface area (TPSA) is 96.6 Å². The lowest BCUT2D eigenvalue weighted by Crippen LogP contribution is -2.48. The van der Waals surface area contributed by atoms with Gasteiger partial charge in [0.25, 0.3) is 0 Å². The van der Waals surface area contributed by atoms with Crippen LogP contribution >= 0.6 is 0 Å². The molecule has 0 saturated heterocycles. The zero-order valence-electron chi connectivity index (χ0n) is 16.6. The van der Waals surface area contributed by atoms with Gasteiger partial charge in [0.05, 0.1) is 36.0 Å². The summed E-state index contributed by atoms with van der Waals surface area (Å²) in [5, 5.41) is 21.7. The van der Waals surface area contributed by atoms with Crippen LogP contribution in [0.15, 0.2) is 48.8 Å². The fourth-order valence-electron chi connectivity index (χ4n) is 3.28. The van der Waals surface area contributed by atoms with Crippen LogP contribution in [0.5, 0.6) is 5.75 Å². The molecule has 3 aromatic rings. The number of hydrogen-bond acceptors (Lipinski definition) is 5. The lowest BCUT2D eigenvalue weighted by atomic mass is 9.75. The molecule has 11 heteroatoms. The SMILES string of the molecule is COc1ccc(C[C@H](NC(=O)CCn2cnc3ccccc32)B(O)O)cc1C(F)(F)F. The summed E-state index contributed by atoms with van der Waals surface area (Å²) in [4.78, 5) is 16.6. The van der Waals surface area contributed by atoms with Gasteiger partial charge in [0.15, 0.2) is 0 Å². The molecule has 1 heterocycles. The summed E-state index contributed by atoms with van der Waals surface area (Å²) in [6.45, 7) is 0.307. The van der Waals surface area contributed by atoms with Crippen molar-refractivity contribution < 1.29 is 32.8 Å². The maximum atomic E-state index is 13.2. The Bertz CT molecular complexity index is 1060. The molecule has 0 spiro atoms. The number of nitrogens with one attached hydrogen (secondary N) is 1. The van der Waals surface area contributed by atoms with E-state index in [1.807, 2.05) is 24.3 Å². The predicted octanol–water partition coefficient (Wildman–Crippen LogP) is 2.19. The van der Waals surface area contributed by atoms with E-state index >= 15 is 0 Å². The van der Waals surface area contributed by atoms with Crippen LogP contribution < -0.4 is 10.1 Å². The first kappa shape index (κ1) is 22.6. The first-order chi connectivity index (χ1) is 14.7. The van der Waals surface area contributed by atoms with Crippen LogP contribution in [0.2, 0.25) is 0 Å². The molecule has 1 amide bonds. The lowest BCUT2D eigenvalue weighted by molar-refractivity contribution is -0.138. The van der Waals surface area contributed by atoms with Gasteiger partial charge < -0.3 is 24.7 Å². The molecule has 0 radical (unpaired) electrons. The first-order valence-electron chi connectivity index (χ1n) is 9.48. The highest BCUT2D eigenvalue weighted by Crippen LogP contribution is 2.36. The van der Waals surface area contributed by atoms with Gasteiger partial charge >= 0.3 is 13.3 Å². The van der Waals surface area contributed by atoms with Gasteiger partial charge in [0, 0.05) is 13.0 Å². The molecule has 1 aromatic heterocycles. The molecular weight excluding hydrogens is 414 g/mol. The Morgan fingerprint density at radius 3 is 2.68 bits per heavy atom. The highest BCUT2D eigenvalue weighted by atomic mass is 19.4. The summed E-state index contributed by atoms with van der Waals surface area (Å²) in [5.74, 6) is -1.99. The number of halogens is 3. The van der Waals surface area contributed by atoms with Crippen LogP contribution in [-0.4, -0.2) is 45.7 Å². The maximum absolute atomic E-state index is 13.2. The maximum Gasteiger partial charge on any atom is 0.475 e. The summed E-state index contributed by atoms with van der Waals surface area (Å²) >= 11 is 0. The lowest BCUT2D eigenvalue weighted by Gasteiger charge is -2.19. The third-order valence-corrected chi connectivity index (χ3v) is 4.84. The molecule has 0 saturated carbocycles. The summed E-state index contributed by atoms with van der Waals surface area (Å²) in [6.07, 6.45) is -3.21. The van der Waals surface area contributed by atoms with Crippen LogP contribution in [0.3, 0.4) is 0 Å². The van der Waals surface area contributed by atoms with Crippen LogP contribution in [0.4, 0.5) is 13.2 Å². The molecule has 0 unspecified atom stereocenters. The quantitative estimate of drug-likeness (QED) is 0.472. The number of methoxy groups -OCH3 is 1. The van der Waals surface area contributed by atoms with Crippen molar-refractivity contribution in [1.82, 2.24) is 14.9 Å². The molecule has 3 rings (SSSR count). The number of aromatic nitrogens is 2. The summed E-state index contributed by atoms with van der Waals surface area (Å²) in [7, 11) is -0.816. The third kappa shape index (κ3) is 5.56. The first-order valence-corrected chi connectivity index (χ1v) is 9.48. The van der Waals surface area contributed by atoms with E-state index in [4.69, 9.17) is 4.74 Å². The number of carbonyl (C=O) groups is 1. The number of benzene rings is 2. The highest BCUT2D eigenvalue weighted by molar-refractivity contribution is 6.43. The van der Waals surface area contributed by atoms with E-state index in [9.17, 15) is 28.0 Å². The zero-order chi connectivity index (χ0) is 22.6. The van der Waals surface area contributed by atoms with Crippen molar-refractivity contribution in [3.05, 3.63) is 59.9 Å². The number of fused-ring (bicyclic) bond motifs is 1. The Labute approximate surface area is 176 Å². The van der Waals surface area contributed by atoms with E-state index in [1.54, 1.807) is 10.9 Å². The standard InChI is InChI=1S/C20H21BF3N3O4/c1-31-17-7-6-13(10-14(17)20(22,23)24)11-18(21(29)30)26-19(28)8-9-27-12-25-15-4-2-3-5-16(15)27/h2-7,10,12,18,29-30H,8-9,11H2,1H3,(H,26,28)/t18-/m0/s1. The van der Waals surface area contributed by atoms with E-state index in [2.05, 4.69) is 10.3 Å². The fraction of sp³-hybridized carbons (Fsp3) is 0.300. The zero-order valence-corrected chi connectivity index (χ0v) is 16.6. The molecule has 1 atom stereocenters. The summed E-state index contributed by atoms with van der Waals surface area (Å²) < 4.78 is 46.2. The van der Waals surface area contributed by atoms with Gasteiger partial charge in [0.2, 0.25) is 5.91 Å². The predicted molar refractivity (Wildman–Crippen MR) is 108 cm³/mol. The van der Waals surface area contributed by atoms with Crippen LogP contribution in [0.1, 0.15) is 17.5 Å². The van der Waals surface area contributed by atoms with E-state index < -0.39 is 30.7 Å². The Kier molecular flexibility index (Phi) is 6.86. The fourth-order valence-corrected chi connectivity index (χ4v) is 3.28. The van der Waals surface area contributed by atoms with Crippen molar-refractivity contribution in [2.45, 2.75) is 31.5 Å². The Balaban J connectivity index is 1.66. The van der Waals surface area contributed by atoms with Crippen molar-refractivity contribution in [3.63, 3.8) is 0 Å². The average Bonchev–Trinajstić information content (AvgIpc) is 3.14. The molecule has 31 heavy (non-hydrogen) atoms. The smallest absolute Gasteiger partial charge is 0.475 e. The molecule has 0 aliphatic rings. The van der Waals surface area contributed by atoms with Crippen molar-refractivity contribution in [3.8, 4) is 5.75 Å². The number of carbonyl (C=O) groups excluding carboxylic acids is 1. The van der Waals surface area contributed by atoms with Crippen LogP contribution in [-0.2, 0) is 23.9 Å². The molecule has 0 aliphatic carbocycles. The Morgan fingerprint density at radius 1 is 1.26 bits per heavy atom. The molecule has 0 fully saturated rings. The number of nitrogens with zero attached hydrogens (tertiary/aromatic N) is 2. The normalized spacial score (nSPS) is 12.6. The summed E-state index contributed by atoms with van der Waals surface area (Å²) in [6, 6.07) is 10.8. The molecular formula is C20H21BF3N3O4. The van der Waals surface area contributed by atoms with E-state index in [0.29, 0.717) is 6.54 Å². The second-order valence-electron chi connectivity index (χ2n) is 7.00. The van der Waals surface area contributed by atoms with Gasteiger partial charge in [-0.05, 0) is 36.2 Å². The minimum atomic E-state index is -4.63. The molecule has 0 aliphatic heterocycles. The molecule has 3 N–H and O–H groups in total. The second-order valence-corrected chi connectivity index (χ2v) is 7.00. The number of hydrogen-bond donors (Lipinski definition) is 3. The van der Waals surface area contributed by atoms with Gasteiger partial charge in [-0.25, -0.2) is 4.98 Å². The molecule has 164 valence electrons. The second kappa shape index (κ2) is 9.40. The Morgan fingerprint density at radius 2 is 2.00 bits per heavy atom. The number of imidazole rings is 1. The largest absolute Gasteiger partial charge is 0.496 e. The number of amides is 1.